The number of rotatable bonds is 2. The summed E-state index contributed by atoms with van der Waals surface area (Å²) in [5.41, 5.74) is 0. The van der Waals surface area contributed by atoms with Gasteiger partial charge in [-0.1, -0.05) is 0 Å². The molecule has 0 aliphatic carbocycles. The highest BCUT2D eigenvalue weighted by Crippen LogP contribution is 1.90. The van der Waals surface area contributed by atoms with Gasteiger partial charge in [-0.2, -0.15) is 0 Å². The van der Waals surface area contributed by atoms with Gasteiger partial charge in [0.1, 0.15) is 6.04 Å². The predicted octanol–water partition coefficient (Wildman–Crippen LogP) is 0.447. The molecule has 0 aromatic carbocycles. The SMILES string of the molecule is CNC(C)C(=O)OBr. The van der Waals surface area contributed by atoms with E-state index in [1.54, 1.807) is 14.0 Å². The second-order valence-corrected chi connectivity index (χ2v) is 1.73. The average Bonchev–Trinajstić information content (AvgIpc) is 1.84. The van der Waals surface area contributed by atoms with E-state index < -0.39 is 0 Å². The Hall–Kier alpha value is -0.0900. The number of hydrogen-bond acceptors (Lipinski definition) is 3. The first-order chi connectivity index (χ1) is 3.72. The molecular formula is C4H8BrNO2. The number of carbonyl (C=O) groups excluding carboxylic acids is 1. The molecule has 0 aliphatic rings. The van der Waals surface area contributed by atoms with Gasteiger partial charge in [0.2, 0.25) is 0 Å². The molecule has 8 heavy (non-hydrogen) atoms. The monoisotopic (exact) mass is 181 g/mol. The Balaban J connectivity index is 3.46. The first-order valence-corrected chi connectivity index (χ1v) is 2.86. The lowest BCUT2D eigenvalue weighted by atomic mass is 10.4. The van der Waals surface area contributed by atoms with Gasteiger partial charge in [0.25, 0.3) is 0 Å². The van der Waals surface area contributed by atoms with Crippen LogP contribution in [0.5, 0.6) is 0 Å². The summed E-state index contributed by atoms with van der Waals surface area (Å²) in [6.07, 6.45) is 0. The highest BCUT2D eigenvalue weighted by molar-refractivity contribution is 9.06. The third-order valence-corrected chi connectivity index (χ3v) is 1.18. The summed E-state index contributed by atoms with van der Waals surface area (Å²) in [5, 5.41) is 2.71. The second kappa shape index (κ2) is 3.86. The van der Waals surface area contributed by atoms with Gasteiger partial charge in [-0.15, -0.1) is 0 Å². The van der Waals surface area contributed by atoms with Gasteiger partial charge in [-0.3, -0.25) is 0 Å². The minimum atomic E-state index is -0.312. The van der Waals surface area contributed by atoms with Crippen LogP contribution in [0.2, 0.25) is 0 Å². The minimum absolute atomic E-state index is 0.241. The summed E-state index contributed by atoms with van der Waals surface area (Å²) in [6, 6.07) is -0.241. The van der Waals surface area contributed by atoms with E-state index in [1.807, 2.05) is 0 Å². The van der Waals surface area contributed by atoms with Crippen LogP contribution in [0, 0.1) is 0 Å². The molecule has 1 N–H and O–H groups in total. The molecule has 0 bridgehead atoms. The van der Waals surface area contributed by atoms with Crippen molar-refractivity contribution in [2.75, 3.05) is 7.05 Å². The summed E-state index contributed by atoms with van der Waals surface area (Å²) in [5.74, 6) is -0.312. The Morgan fingerprint density at radius 2 is 2.38 bits per heavy atom. The third-order valence-electron chi connectivity index (χ3n) is 0.863. The first kappa shape index (κ1) is 7.91. The molecule has 0 heterocycles. The van der Waals surface area contributed by atoms with Gasteiger partial charge >= 0.3 is 5.97 Å². The van der Waals surface area contributed by atoms with Gasteiger partial charge in [0.05, 0.1) is 0 Å². The molecule has 0 saturated heterocycles. The van der Waals surface area contributed by atoms with Crippen molar-refractivity contribution in [1.29, 1.82) is 0 Å². The zero-order valence-corrected chi connectivity index (χ0v) is 6.36. The maximum Gasteiger partial charge on any atom is 0.334 e. The lowest BCUT2D eigenvalue weighted by molar-refractivity contribution is -0.134. The number of likely N-dealkylation sites (N-methyl/N-ethyl adjacent to an activating group) is 1. The Morgan fingerprint density at radius 1 is 1.88 bits per heavy atom. The van der Waals surface area contributed by atoms with E-state index in [2.05, 4.69) is 25.4 Å². The minimum Gasteiger partial charge on any atom is -0.382 e. The largest absolute Gasteiger partial charge is 0.382 e. The molecule has 0 aromatic heterocycles. The van der Waals surface area contributed by atoms with E-state index in [-0.39, 0.29) is 12.0 Å². The zero-order chi connectivity index (χ0) is 6.57. The summed E-state index contributed by atoms with van der Waals surface area (Å²) in [4.78, 5) is 10.4. The molecular weight excluding hydrogens is 174 g/mol. The summed E-state index contributed by atoms with van der Waals surface area (Å²) < 4.78 is 4.21. The topological polar surface area (TPSA) is 38.3 Å². The molecule has 0 spiro atoms. The quantitative estimate of drug-likeness (QED) is 0.673. The van der Waals surface area contributed by atoms with Crippen molar-refractivity contribution in [2.24, 2.45) is 0 Å². The van der Waals surface area contributed by atoms with Gasteiger partial charge in [-0.05, 0) is 14.0 Å². The lowest BCUT2D eigenvalue weighted by Gasteiger charge is -2.02. The van der Waals surface area contributed by atoms with Crippen LogP contribution in [0.25, 0.3) is 0 Å². The van der Waals surface area contributed by atoms with Crippen molar-refractivity contribution in [2.45, 2.75) is 13.0 Å². The summed E-state index contributed by atoms with van der Waals surface area (Å²) >= 11 is 2.57. The number of halogens is 1. The molecule has 0 saturated carbocycles. The van der Waals surface area contributed by atoms with Crippen LogP contribution in [0.15, 0.2) is 0 Å². The third kappa shape index (κ3) is 2.28. The van der Waals surface area contributed by atoms with E-state index in [0.29, 0.717) is 0 Å². The highest BCUT2D eigenvalue weighted by Gasteiger charge is 2.08. The summed E-state index contributed by atoms with van der Waals surface area (Å²) in [7, 11) is 1.69. The Labute approximate surface area is 56.9 Å². The van der Waals surface area contributed by atoms with E-state index >= 15 is 0 Å². The van der Waals surface area contributed by atoms with Crippen molar-refractivity contribution in [1.82, 2.24) is 5.32 Å². The Morgan fingerprint density at radius 3 is 2.50 bits per heavy atom. The van der Waals surface area contributed by atoms with Crippen LogP contribution in [-0.2, 0) is 8.62 Å². The fourth-order valence-electron chi connectivity index (χ4n) is 0.185. The molecule has 0 amide bonds. The Kier molecular flexibility index (Phi) is 3.81. The van der Waals surface area contributed by atoms with E-state index in [0.717, 1.165) is 0 Å². The van der Waals surface area contributed by atoms with E-state index in [9.17, 15) is 4.79 Å². The standard InChI is InChI=1S/C4H8BrNO2/c1-3(6-2)4(7)8-5/h3,6H,1-2H3. The smallest absolute Gasteiger partial charge is 0.334 e. The molecule has 0 rings (SSSR count). The average molecular weight is 182 g/mol. The fourth-order valence-corrected chi connectivity index (χ4v) is 0.465. The molecule has 0 aromatic rings. The number of carbonyl (C=O) groups is 1. The second-order valence-electron chi connectivity index (χ2n) is 1.41. The maximum absolute atomic E-state index is 10.4. The van der Waals surface area contributed by atoms with Gasteiger partial charge < -0.3 is 9.15 Å². The molecule has 0 aliphatic heterocycles. The van der Waals surface area contributed by atoms with Crippen LogP contribution in [-0.4, -0.2) is 19.1 Å². The molecule has 0 fully saturated rings. The van der Waals surface area contributed by atoms with Crippen LogP contribution >= 0.6 is 16.3 Å². The van der Waals surface area contributed by atoms with Gasteiger partial charge in [-0.25, -0.2) is 4.79 Å². The molecule has 3 nitrogen and oxygen atoms in total. The van der Waals surface area contributed by atoms with Crippen LogP contribution in [0.1, 0.15) is 6.92 Å². The molecule has 1 unspecified atom stereocenters. The highest BCUT2D eigenvalue weighted by atomic mass is 79.9. The van der Waals surface area contributed by atoms with Crippen molar-refractivity contribution in [3.8, 4) is 0 Å². The van der Waals surface area contributed by atoms with Crippen LogP contribution in [0.4, 0.5) is 0 Å². The maximum atomic E-state index is 10.4. The van der Waals surface area contributed by atoms with Crippen molar-refractivity contribution >= 4 is 22.2 Å². The molecule has 48 valence electrons. The zero-order valence-electron chi connectivity index (χ0n) is 4.77. The van der Waals surface area contributed by atoms with Gasteiger partial charge in [0.15, 0.2) is 16.3 Å². The van der Waals surface area contributed by atoms with Gasteiger partial charge in [0, 0.05) is 0 Å². The fraction of sp³-hybridized carbons (Fsp3) is 0.750. The Bertz CT molecular complexity index is 86.1. The normalized spacial score (nSPS) is 12.9. The number of hydrogen-bond donors (Lipinski definition) is 1. The summed E-state index contributed by atoms with van der Waals surface area (Å²) in [6.45, 7) is 1.71. The van der Waals surface area contributed by atoms with E-state index in [1.165, 1.54) is 0 Å². The van der Waals surface area contributed by atoms with Crippen molar-refractivity contribution in [3.05, 3.63) is 0 Å². The molecule has 0 radical (unpaired) electrons. The van der Waals surface area contributed by atoms with Crippen LogP contribution in [0.3, 0.4) is 0 Å². The first-order valence-electron chi connectivity index (χ1n) is 2.22. The van der Waals surface area contributed by atoms with Crippen molar-refractivity contribution in [3.63, 3.8) is 0 Å². The van der Waals surface area contributed by atoms with Crippen molar-refractivity contribution < 1.29 is 8.62 Å². The molecule has 1 atom stereocenters. The molecule has 4 heteroatoms. The predicted molar refractivity (Wildman–Crippen MR) is 33.5 cm³/mol. The lowest BCUT2D eigenvalue weighted by Crippen LogP contribution is -2.30. The van der Waals surface area contributed by atoms with E-state index in [4.69, 9.17) is 0 Å². The number of nitrogens with one attached hydrogen (secondary N) is 1. The van der Waals surface area contributed by atoms with Crippen LogP contribution < -0.4 is 5.32 Å².